The third-order valence-electron chi connectivity index (χ3n) is 3.07. The van der Waals surface area contributed by atoms with Crippen molar-refractivity contribution < 1.29 is 23.4 Å². The van der Waals surface area contributed by atoms with Gasteiger partial charge in [-0.1, -0.05) is 11.6 Å². The summed E-state index contributed by atoms with van der Waals surface area (Å²) in [5.74, 6) is 0. The molecule has 0 radical (unpaired) electrons. The van der Waals surface area contributed by atoms with E-state index in [4.69, 9.17) is 21.8 Å². The fourth-order valence-electron chi connectivity index (χ4n) is 1.79. The second-order valence-electron chi connectivity index (χ2n) is 4.68. The van der Waals surface area contributed by atoms with Crippen molar-refractivity contribution in [1.82, 2.24) is 9.62 Å². The van der Waals surface area contributed by atoms with Gasteiger partial charge in [0.1, 0.15) is 0 Å². The number of sulfonamides is 1. The Morgan fingerprint density at radius 3 is 2.64 bits per heavy atom. The van der Waals surface area contributed by atoms with Crippen LogP contribution in [0.25, 0.3) is 0 Å². The van der Waals surface area contributed by atoms with Gasteiger partial charge < -0.3 is 15.5 Å². The lowest BCUT2D eigenvalue weighted by atomic mass is 10.2. The maximum absolute atomic E-state index is 12.4. The maximum Gasteiger partial charge on any atom is 0.404 e. The van der Waals surface area contributed by atoms with Gasteiger partial charge in [-0.3, -0.25) is 0 Å². The number of nitrogens with one attached hydrogen (secondary N) is 1. The summed E-state index contributed by atoms with van der Waals surface area (Å²) in [4.78, 5) is 10.3. The molecule has 0 aromatic heterocycles. The Kier molecular flexibility index (Phi) is 7.08. The Labute approximate surface area is 134 Å². The molecule has 1 amide bonds. The molecule has 0 saturated carbocycles. The van der Waals surface area contributed by atoms with E-state index in [2.05, 4.69) is 5.32 Å². The highest BCUT2D eigenvalue weighted by atomic mass is 35.5. The van der Waals surface area contributed by atoms with Gasteiger partial charge in [-0.25, -0.2) is 17.5 Å². The predicted octanol–water partition coefficient (Wildman–Crippen LogP) is 1.50. The minimum atomic E-state index is -3.67. The molecular formula is C13H19ClN2O5S. The molecule has 3 N–H and O–H groups in total. The van der Waals surface area contributed by atoms with Gasteiger partial charge >= 0.3 is 6.09 Å². The number of carboxylic acid groups (broad SMARTS) is 1. The molecule has 0 bridgehead atoms. The third-order valence-corrected chi connectivity index (χ3v) is 5.29. The molecule has 0 aliphatic rings. The lowest BCUT2D eigenvalue weighted by Gasteiger charge is -2.17. The van der Waals surface area contributed by atoms with E-state index in [1.807, 2.05) is 0 Å². The molecule has 0 heterocycles. The van der Waals surface area contributed by atoms with E-state index in [-0.39, 0.29) is 24.6 Å². The molecule has 9 heteroatoms. The number of benzene rings is 1. The Bertz CT molecular complexity index is 621. The summed E-state index contributed by atoms with van der Waals surface area (Å²) in [5, 5.41) is 20.1. The largest absolute Gasteiger partial charge is 0.465 e. The number of nitrogens with zero attached hydrogens (tertiary/aromatic N) is 1. The van der Waals surface area contributed by atoms with Gasteiger partial charge in [0.2, 0.25) is 10.0 Å². The standard InChI is InChI=1S/C13H19ClN2O5S/c1-16(7-3-2-6-15-13(18)19)22(20,21)11-4-5-12(14)10(8-11)9-17/h4-5,8,15,17H,2-3,6-7,9H2,1H3,(H,18,19). The first-order valence-corrected chi connectivity index (χ1v) is 8.43. The Morgan fingerprint density at radius 1 is 1.36 bits per heavy atom. The molecule has 1 rings (SSSR count). The van der Waals surface area contributed by atoms with Gasteiger partial charge in [0, 0.05) is 25.2 Å². The van der Waals surface area contributed by atoms with Gasteiger partial charge in [0.25, 0.3) is 0 Å². The minimum Gasteiger partial charge on any atom is -0.465 e. The van der Waals surface area contributed by atoms with Crippen molar-refractivity contribution in [2.45, 2.75) is 24.3 Å². The second-order valence-corrected chi connectivity index (χ2v) is 7.13. The number of halogens is 1. The molecule has 22 heavy (non-hydrogen) atoms. The van der Waals surface area contributed by atoms with Crippen LogP contribution in [0.4, 0.5) is 4.79 Å². The average Bonchev–Trinajstić information content (AvgIpc) is 2.46. The first-order chi connectivity index (χ1) is 10.3. The van der Waals surface area contributed by atoms with Crippen molar-refractivity contribution in [2.75, 3.05) is 20.1 Å². The van der Waals surface area contributed by atoms with Crippen molar-refractivity contribution >= 4 is 27.7 Å². The Morgan fingerprint density at radius 2 is 2.05 bits per heavy atom. The molecule has 124 valence electrons. The molecule has 0 saturated heterocycles. The molecular weight excluding hydrogens is 332 g/mol. The lowest BCUT2D eigenvalue weighted by Crippen LogP contribution is -2.29. The highest BCUT2D eigenvalue weighted by Crippen LogP contribution is 2.22. The number of hydrogen-bond donors (Lipinski definition) is 3. The van der Waals surface area contributed by atoms with Crippen LogP contribution in [-0.4, -0.2) is 49.2 Å². The summed E-state index contributed by atoms with van der Waals surface area (Å²) >= 11 is 5.85. The maximum atomic E-state index is 12.4. The molecule has 0 atom stereocenters. The van der Waals surface area contributed by atoms with Crippen LogP contribution in [0.5, 0.6) is 0 Å². The zero-order valence-corrected chi connectivity index (χ0v) is 13.7. The second kappa shape index (κ2) is 8.33. The molecule has 0 unspecified atom stereocenters. The summed E-state index contributed by atoms with van der Waals surface area (Å²) in [7, 11) is -2.21. The quantitative estimate of drug-likeness (QED) is 0.616. The molecule has 1 aromatic rings. The highest BCUT2D eigenvalue weighted by molar-refractivity contribution is 7.89. The van der Waals surface area contributed by atoms with Crippen LogP contribution in [0.1, 0.15) is 18.4 Å². The number of rotatable bonds is 8. The van der Waals surface area contributed by atoms with Crippen LogP contribution in [0.3, 0.4) is 0 Å². The number of carbonyl (C=O) groups is 1. The van der Waals surface area contributed by atoms with E-state index in [1.54, 1.807) is 0 Å². The molecule has 0 aliphatic carbocycles. The summed E-state index contributed by atoms with van der Waals surface area (Å²) < 4.78 is 25.9. The average molecular weight is 351 g/mol. The fraction of sp³-hybridized carbons (Fsp3) is 0.462. The normalized spacial score (nSPS) is 11.6. The van der Waals surface area contributed by atoms with Crippen LogP contribution in [0.2, 0.25) is 5.02 Å². The van der Waals surface area contributed by atoms with Crippen LogP contribution < -0.4 is 5.32 Å². The molecule has 1 aromatic carbocycles. The van der Waals surface area contributed by atoms with E-state index in [0.717, 1.165) is 0 Å². The third kappa shape index (κ3) is 5.13. The Balaban J connectivity index is 2.67. The van der Waals surface area contributed by atoms with E-state index in [0.29, 0.717) is 23.4 Å². The SMILES string of the molecule is CN(CCCCNC(=O)O)S(=O)(=O)c1ccc(Cl)c(CO)c1. The van der Waals surface area contributed by atoms with Gasteiger partial charge in [0.05, 0.1) is 11.5 Å². The van der Waals surface area contributed by atoms with Crippen molar-refractivity contribution in [3.8, 4) is 0 Å². The minimum absolute atomic E-state index is 0.0621. The molecule has 0 fully saturated rings. The first-order valence-electron chi connectivity index (χ1n) is 6.61. The number of hydrogen-bond acceptors (Lipinski definition) is 4. The molecule has 0 spiro atoms. The summed E-state index contributed by atoms with van der Waals surface area (Å²) in [6.45, 7) is 0.201. The van der Waals surface area contributed by atoms with Crippen LogP contribution in [-0.2, 0) is 16.6 Å². The van der Waals surface area contributed by atoms with E-state index >= 15 is 0 Å². The van der Waals surface area contributed by atoms with E-state index in [1.165, 1.54) is 29.6 Å². The summed E-state index contributed by atoms with van der Waals surface area (Å²) in [6.07, 6.45) is -0.0378. The van der Waals surface area contributed by atoms with Crippen LogP contribution >= 0.6 is 11.6 Å². The number of unbranched alkanes of at least 4 members (excludes halogenated alkanes) is 1. The van der Waals surface area contributed by atoms with Crippen LogP contribution in [0, 0.1) is 0 Å². The van der Waals surface area contributed by atoms with E-state index in [9.17, 15) is 13.2 Å². The number of aliphatic hydroxyl groups is 1. The fourth-order valence-corrected chi connectivity index (χ4v) is 3.23. The summed E-state index contributed by atoms with van der Waals surface area (Å²) in [5.41, 5.74) is 0.349. The highest BCUT2D eigenvalue weighted by Gasteiger charge is 2.21. The van der Waals surface area contributed by atoms with Gasteiger partial charge in [0.15, 0.2) is 0 Å². The van der Waals surface area contributed by atoms with Crippen molar-refractivity contribution in [1.29, 1.82) is 0 Å². The van der Waals surface area contributed by atoms with Gasteiger partial charge in [-0.15, -0.1) is 0 Å². The number of aliphatic hydroxyl groups excluding tert-OH is 1. The topological polar surface area (TPSA) is 107 Å². The van der Waals surface area contributed by atoms with Gasteiger partial charge in [-0.05, 0) is 36.6 Å². The predicted molar refractivity (Wildman–Crippen MR) is 82.5 cm³/mol. The summed E-state index contributed by atoms with van der Waals surface area (Å²) in [6, 6.07) is 4.17. The Hall–Kier alpha value is -1.35. The lowest BCUT2D eigenvalue weighted by molar-refractivity contribution is 0.194. The van der Waals surface area contributed by atoms with Crippen molar-refractivity contribution in [3.05, 3.63) is 28.8 Å². The smallest absolute Gasteiger partial charge is 0.404 e. The van der Waals surface area contributed by atoms with E-state index < -0.39 is 16.1 Å². The molecule has 7 nitrogen and oxygen atoms in total. The zero-order valence-electron chi connectivity index (χ0n) is 12.1. The first kappa shape index (κ1) is 18.7. The van der Waals surface area contributed by atoms with Crippen molar-refractivity contribution in [2.24, 2.45) is 0 Å². The van der Waals surface area contributed by atoms with Crippen molar-refractivity contribution in [3.63, 3.8) is 0 Å². The zero-order chi connectivity index (χ0) is 16.8. The van der Waals surface area contributed by atoms with Gasteiger partial charge in [-0.2, -0.15) is 0 Å². The van der Waals surface area contributed by atoms with Crippen LogP contribution in [0.15, 0.2) is 23.1 Å². The number of amides is 1. The monoisotopic (exact) mass is 350 g/mol. The molecule has 0 aliphatic heterocycles.